The average Bonchev–Trinajstić information content (AvgIpc) is 3.20. The third-order valence-corrected chi connectivity index (χ3v) is 6.48. The highest BCUT2D eigenvalue weighted by atomic mass is 35.5. The third kappa shape index (κ3) is 2.93. The zero-order chi connectivity index (χ0) is 19.6. The molecule has 3 nitrogen and oxygen atoms in total. The van der Waals surface area contributed by atoms with Crippen LogP contribution in [-0.2, 0) is 19.1 Å². The molecule has 0 unspecified atom stereocenters. The Morgan fingerprint density at radius 2 is 1.93 bits per heavy atom. The van der Waals surface area contributed by atoms with Crippen molar-refractivity contribution in [2.24, 2.45) is 0 Å². The van der Waals surface area contributed by atoms with Crippen LogP contribution >= 0.6 is 34.5 Å². The number of aromatic amines is 1. The molecular formula is C19H12Cl2F3N3S. The van der Waals surface area contributed by atoms with E-state index >= 15 is 0 Å². The second kappa shape index (κ2) is 6.27. The summed E-state index contributed by atoms with van der Waals surface area (Å²) in [5.74, 6) is 0. The molecule has 28 heavy (non-hydrogen) atoms. The van der Waals surface area contributed by atoms with E-state index in [9.17, 15) is 13.2 Å². The molecule has 5 rings (SSSR count). The van der Waals surface area contributed by atoms with Crippen molar-refractivity contribution in [3.05, 3.63) is 57.2 Å². The molecule has 3 heterocycles. The van der Waals surface area contributed by atoms with Crippen molar-refractivity contribution < 1.29 is 13.2 Å². The summed E-state index contributed by atoms with van der Waals surface area (Å²) in [5.41, 5.74) is 2.40. The van der Waals surface area contributed by atoms with Crippen molar-refractivity contribution in [3.63, 3.8) is 0 Å². The maximum absolute atomic E-state index is 13.4. The van der Waals surface area contributed by atoms with Gasteiger partial charge in [-0.1, -0.05) is 34.5 Å². The fourth-order valence-corrected chi connectivity index (χ4v) is 5.22. The van der Waals surface area contributed by atoms with Crippen molar-refractivity contribution in [3.8, 4) is 0 Å². The zero-order valence-corrected chi connectivity index (χ0v) is 16.5. The molecule has 0 spiro atoms. The summed E-state index contributed by atoms with van der Waals surface area (Å²) in [6, 6.07) is 8.18. The summed E-state index contributed by atoms with van der Waals surface area (Å²) in [5, 5.41) is 2.39. The van der Waals surface area contributed by atoms with Crippen molar-refractivity contribution >= 4 is 60.8 Å². The second-order valence-corrected chi connectivity index (χ2v) is 8.62. The van der Waals surface area contributed by atoms with Crippen molar-refractivity contribution in [1.82, 2.24) is 9.97 Å². The van der Waals surface area contributed by atoms with Gasteiger partial charge in [-0.3, -0.25) is 0 Å². The predicted octanol–water partition coefficient (Wildman–Crippen LogP) is 6.67. The molecule has 9 heteroatoms. The Hall–Kier alpha value is -1.96. The lowest BCUT2D eigenvalue weighted by molar-refractivity contribution is -0.136. The highest BCUT2D eigenvalue weighted by Crippen LogP contribution is 2.41. The van der Waals surface area contributed by atoms with Crippen molar-refractivity contribution in [1.29, 1.82) is 0 Å². The van der Waals surface area contributed by atoms with Crippen LogP contribution in [-0.4, -0.2) is 16.5 Å². The predicted molar refractivity (Wildman–Crippen MR) is 108 cm³/mol. The molecule has 0 saturated heterocycles. The van der Waals surface area contributed by atoms with Gasteiger partial charge in [-0.2, -0.15) is 13.2 Å². The SMILES string of the molecule is FC(F)(F)c1cc(Cl)cc2sc(N3CCc4c([nH]c5ccc(Cl)cc45)C3)nc12. The molecule has 4 aromatic rings. The van der Waals surface area contributed by atoms with Crippen molar-refractivity contribution in [2.45, 2.75) is 19.1 Å². The third-order valence-electron chi connectivity index (χ3n) is 4.96. The van der Waals surface area contributed by atoms with Gasteiger partial charge in [0.25, 0.3) is 0 Å². The quantitative estimate of drug-likeness (QED) is 0.357. The van der Waals surface area contributed by atoms with E-state index in [2.05, 4.69) is 9.97 Å². The summed E-state index contributed by atoms with van der Waals surface area (Å²) in [6.07, 6.45) is -3.74. The summed E-state index contributed by atoms with van der Waals surface area (Å²) in [7, 11) is 0. The standard InChI is InChI=1S/C19H12Cl2F3N3S/c20-9-1-2-14-12(5-9)11-3-4-27(8-15(11)25-14)18-26-17-13(19(22,23)24)6-10(21)7-16(17)28-18/h1-2,5-7,25H,3-4,8H2. The minimum Gasteiger partial charge on any atom is -0.357 e. The molecule has 0 radical (unpaired) electrons. The van der Waals surface area contributed by atoms with Gasteiger partial charge in [-0.05, 0) is 42.3 Å². The summed E-state index contributed by atoms with van der Waals surface area (Å²) >= 11 is 13.2. The van der Waals surface area contributed by atoms with Crippen LogP contribution in [0.15, 0.2) is 30.3 Å². The van der Waals surface area contributed by atoms with Crippen LogP contribution in [0.5, 0.6) is 0 Å². The lowest BCUT2D eigenvalue weighted by atomic mass is 10.0. The van der Waals surface area contributed by atoms with E-state index in [0.717, 1.165) is 29.1 Å². The molecule has 144 valence electrons. The van der Waals surface area contributed by atoms with Crippen LogP contribution in [0.25, 0.3) is 21.1 Å². The van der Waals surface area contributed by atoms with Crippen LogP contribution < -0.4 is 4.90 Å². The Balaban J connectivity index is 1.56. The van der Waals surface area contributed by atoms with Gasteiger partial charge in [0.1, 0.15) is 0 Å². The topological polar surface area (TPSA) is 31.9 Å². The van der Waals surface area contributed by atoms with E-state index < -0.39 is 11.7 Å². The number of rotatable bonds is 1. The monoisotopic (exact) mass is 441 g/mol. The first-order valence-electron chi connectivity index (χ1n) is 8.51. The molecule has 2 aromatic carbocycles. The number of nitrogens with one attached hydrogen (secondary N) is 1. The van der Waals surface area contributed by atoms with Gasteiger partial charge in [0.05, 0.1) is 22.3 Å². The molecule has 0 bridgehead atoms. The van der Waals surface area contributed by atoms with Crippen LogP contribution in [0.4, 0.5) is 18.3 Å². The Bertz CT molecular complexity index is 1230. The highest BCUT2D eigenvalue weighted by Gasteiger charge is 2.35. The zero-order valence-electron chi connectivity index (χ0n) is 14.2. The molecule has 0 fully saturated rings. The fraction of sp³-hybridized carbons (Fsp3) is 0.211. The average molecular weight is 442 g/mol. The number of aromatic nitrogens is 2. The molecule has 1 N–H and O–H groups in total. The molecule has 0 aliphatic carbocycles. The molecule has 1 aliphatic heterocycles. The Labute approximate surface area is 171 Å². The first-order valence-corrected chi connectivity index (χ1v) is 10.1. The number of hydrogen-bond donors (Lipinski definition) is 1. The van der Waals surface area contributed by atoms with Gasteiger partial charge in [0.15, 0.2) is 5.13 Å². The number of hydrogen-bond acceptors (Lipinski definition) is 3. The molecule has 2 aromatic heterocycles. The molecular weight excluding hydrogens is 430 g/mol. The number of H-pyrrole nitrogens is 1. The van der Waals surface area contributed by atoms with Gasteiger partial charge in [-0.15, -0.1) is 0 Å². The number of fused-ring (bicyclic) bond motifs is 4. The first-order chi connectivity index (χ1) is 13.3. The van der Waals surface area contributed by atoms with E-state index in [1.807, 2.05) is 23.1 Å². The van der Waals surface area contributed by atoms with Crippen LogP contribution in [0.1, 0.15) is 16.8 Å². The Morgan fingerprint density at radius 1 is 1.11 bits per heavy atom. The summed E-state index contributed by atoms with van der Waals surface area (Å²) in [6.45, 7) is 1.22. The number of thiazole rings is 1. The van der Waals surface area contributed by atoms with E-state index in [1.54, 1.807) is 0 Å². The normalized spacial score (nSPS) is 14.8. The fourth-order valence-electron chi connectivity index (χ4n) is 3.71. The number of benzene rings is 2. The number of nitrogens with zero attached hydrogens (tertiary/aromatic N) is 2. The number of halogens is 5. The van der Waals surface area contributed by atoms with E-state index in [4.69, 9.17) is 23.2 Å². The van der Waals surface area contributed by atoms with Gasteiger partial charge < -0.3 is 9.88 Å². The van der Waals surface area contributed by atoms with Crippen LogP contribution in [0.2, 0.25) is 10.0 Å². The van der Waals surface area contributed by atoms with E-state index in [-0.39, 0.29) is 10.5 Å². The Kier molecular flexibility index (Phi) is 4.05. The smallest absolute Gasteiger partial charge is 0.357 e. The minimum absolute atomic E-state index is 0.0499. The molecule has 0 saturated carbocycles. The van der Waals surface area contributed by atoms with Crippen LogP contribution in [0.3, 0.4) is 0 Å². The number of alkyl halides is 3. The summed E-state index contributed by atoms with van der Waals surface area (Å²) in [4.78, 5) is 9.71. The largest absolute Gasteiger partial charge is 0.418 e. The highest BCUT2D eigenvalue weighted by molar-refractivity contribution is 7.22. The minimum atomic E-state index is -4.50. The van der Waals surface area contributed by atoms with Gasteiger partial charge in [0, 0.05) is 33.2 Å². The van der Waals surface area contributed by atoms with Gasteiger partial charge in [-0.25, -0.2) is 4.98 Å². The maximum atomic E-state index is 13.4. The summed E-state index contributed by atoms with van der Waals surface area (Å²) < 4.78 is 40.6. The molecule has 0 atom stereocenters. The molecule has 1 aliphatic rings. The second-order valence-electron chi connectivity index (χ2n) is 6.74. The molecule has 0 amide bonds. The maximum Gasteiger partial charge on any atom is 0.418 e. The Morgan fingerprint density at radius 3 is 2.71 bits per heavy atom. The van der Waals surface area contributed by atoms with E-state index in [0.29, 0.717) is 27.9 Å². The first kappa shape index (κ1) is 18.1. The van der Waals surface area contributed by atoms with Gasteiger partial charge >= 0.3 is 6.18 Å². The lowest BCUT2D eigenvalue weighted by Crippen LogP contribution is -2.30. The lowest BCUT2D eigenvalue weighted by Gasteiger charge is -2.26. The number of anilines is 1. The van der Waals surface area contributed by atoms with E-state index in [1.165, 1.54) is 23.0 Å². The van der Waals surface area contributed by atoms with Gasteiger partial charge in [0.2, 0.25) is 0 Å². The van der Waals surface area contributed by atoms with Crippen molar-refractivity contribution in [2.75, 3.05) is 11.4 Å². The van der Waals surface area contributed by atoms with Crippen LogP contribution in [0, 0.1) is 0 Å².